The normalized spacial score (nSPS) is 16.2. The Kier molecular flexibility index (Phi) is 6.49. The highest BCUT2D eigenvalue weighted by atomic mass is 19.1. The summed E-state index contributed by atoms with van der Waals surface area (Å²) in [5.74, 6) is 0.136. The van der Waals surface area contributed by atoms with Crippen LogP contribution in [0.3, 0.4) is 0 Å². The molecule has 1 unspecified atom stereocenters. The molecule has 1 heterocycles. The molecule has 27 heavy (non-hydrogen) atoms. The van der Waals surface area contributed by atoms with Crippen LogP contribution in [0, 0.1) is 17.8 Å². The SMILES string of the molecule is CCN(CC)C(=O)C(c1ccccc1)C1CCN(c2cc[c]cc2F)CC1. The van der Waals surface area contributed by atoms with E-state index in [0.29, 0.717) is 5.69 Å². The van der Waals surface area contributed by atoms with Crippen LogP contribution in [0.1, 0.15) is 38.2 Å². The molecule has 1 aliphatic rings. The number of hydrogen-bond acceptors (Lipinski definition) is 2. The standard InChI is InChI=1S/C23H28FN2O/c1-3-25(4-2)23(27)22(18-10-6-5-7-11-18)19-14-16-26(17-15-19)21-13-9-8-12-20(21)24/h5-7,9-13,19,22H,3-4,14-17H2,1-2H3. The highest BCUT2D eigenvalue weighted by molar-refractivity contribution is 5.84. The van der Waals surface area contributed by atoms with Gasteiger partial charge >= 0.3 is 0 Å². The van der Waals surface area contributed by atoms with Crippen LogP contribution in [-0.4, -0.2) is 37.0 Å². The zero-order valence-corrected chi connectivity index (χ0v) is 16.2. The topological polar surface area (TPSA) is 23.6 Å². The van der Waals surface area contributed by atoms with Crippen LogP contribution in [0.5, 0.6) is 0 Å². The minimum atomic E-state index is -0.227. The summed E-state index contributed by atoms with van der Waals surface area (Å²) in [7, 11) is 0. The highest BCUT2D eigenvalue weighted by Crippen LogP contribution is 2.36. The van der Waals surface area contributed by atoms with E-state index in [1.807, 2.05) is 36.9 Å². The molecule has 3 rings (SSSR count). The van der Waals surface area contributed by atoms with E-state index in [1.165, 1.54) is 6.07 Å². The summed E-state index contributed by atoms with van der Waals surface area (Å²) in [6.45, 7) is 7.04. The van der Waals surface area contributed by atoms with Gasteiger partial charge in [0, 0.05) is 26.2 Å². The molecule has 0 spiro atoms. The molecule has 143 valence electrons. The van der Waals surface area contributed by atoms with Gasteiger partial charge in [-0.05, 0) is 56.4 Å². The molecule has 1 atom stereocenters. The Balaban J connectivity index is 1.78. The predicted molar refractivity (Wildman–Crippen MR) is 107 cm³/mol. The summed E-state index contributed by atoms with van der Waals surface area (Å²) < 4.78 is 14.1. The number of nitrogens with zero attached hydrogens (tertiary/aromatic N) is 2. The van der Waals surface area contributed by atoms with Crippen LogP contribution >= 0.6 is 0 Å². The van der Waals surface area contributed by atoms with Crippen LogP contribution < -0.4 is 4.90 Å². The number of likely N-dealkylation sites (N-methyl/N-ethyl adjacent to an activating group) is 1. The lowest BCUT2D eigenvalue weighted by Crippen LogP contribution is -2.42. The zero-order chi connectivity index (χ0) is 19.2. The van der Waals surface area contributed by atoms with Crippen molar-refractivity contribution in [3.63, 3.8) is 0 Å². The molecule has 0 aliphatic carbocycles. The Morgan fingerprint density at radius 3 is 2.44 bits per heavy atom. The van der Waals surface area contributed by atoms with Crippen LogP contribution in [0.2, 0.25) is 0 Å². The lowest BCUT2D eigenvalue weighted by molar-refractivity contribution is -0.134. The van der Waals surface area contributed by atoms with Crippen molar-refractivity contribution >= 4 is 11.6 Å². The van der Waals surface area contributed by atoms with Gasteiger partial charge in [-0.1, -0.05) is 36.4 Å². The Labute approximate surface area is 161 Å². The van der Waals surface area contributed by atoms with Gasteiger partial charge in [0.1, 0.15) is 5.82 Å². The molecule has 1 amide bonds. The molecule has 3 nitrogen and oxygen atoms in total. The Hall–Kier alpha value is -2.36. The molecule has 2 aromatic carbocycles. The first-order chi connectivity index (χ1) is 13.2. The monoisotopic (exact) mass is 367 g/mol. The van der Waals surface area contributed by atoms with E-state index in [-0.39, 0.29) is 23.6 Å². The molecule has 1 radical (unpaired) electrons. The molecule has 0 aromatic heterocycles. The lowest BCUT2D eigenvalue weighted by Gasteiger charge is -2.38. The summed E-state index contributed by atoms with van der Waals surface area (Å²) in [5.41, 5.74) is 1.73. The average Bonchev–Trinajstić information content (AvgIpc) is 2.71. The van der Waals surface area contributed by atoms with Crippen molar-refractivity contribution in [3.05, 3.63) is 66.0 Å². The number of amides is 1. The molecule has 0 saturated carbocycles. The fourth-order valence-corrected chi connectivity index (χ4v) is 4.14. The van der Waals surface area contributed by atoms with Gasteiger partial charge in [0.15, 0.2) is 0 Å². The third kappa shape index (κ3) is 4.32. The molecule has 1 aliphatic heterocycles. The summed E-state index contributed by atoms with van der Waals surface area (Å²) >= 11 is 0. The van der Waals surface area contributed by atoms with Crippen molar-refractivity contribution < 1.29 is 9.18 Å². The Morgan fingerprint density at radius 1 is 1.19 bits per heavy atom. The first kappa shape index (κ1) is 19.4. The van der Waals surface area contributed by atoms with E-state index in [0.717, 1.165) is 44.6 Å². The van der Waals surface area contributed by atoms with Gasteiger partial charge in [-0.3, -0.25) is 4.79 Å². The maximum absolute atomic E-state index is 14.1. The molecule has 0 bridgehead atoms. The quantitative estimate of drug-likeness (QED) is 0.751. The molecule has 0 N–H and O–H groups in total. The number of carbonyl (C=O) groups excluding carboxylic acids is 1. The molecule has 2 aromatic rings. The van der Waals surface area contributed by atoms with Crippen molar-refractivity contribution in [3.8, 4) is 0 Å². The van der Waals surface area contributed by atoms with Crippen molar-refractivity contribution in [2.75, 3.05) is 31.1 Å². The fourth-order valence-electron chi connectivity index (χ4n) is 4.14. The van der Waals surface area contributed by atoms with E-state index in [4.69, 9.17) is 0 Å². The minimum absolute atomic E-state index is 0.123. The first-order valence-corrected chi connectivity index (χ1v) is 9.90. The largest absolute Gasteiger partial charge is 0.369 e. The number of piperidine rings is 1. The van der Waals surface area contributed by atoms with Gasteiger partial charge < -0.3 is 9.80 Å². The Bertz CT molecular complexity index is 737. The van der Waals surface area contributed by atoms with Gasteiger partial charge in [0.05, 0.1) is 11.6 Å². The number of carbonyl (C=O) groups is 1. The number of rotatable bonds is 6. The van der Waals surface area contributed by atoms with Crippen LogP contribution in [-0.2, 0) is 4.79 Å². The van der Waals surface area contributed by atoms with Crippen molar-refractivity contribution in [2.45, 2.75) is 32.6 Å². The minimum Gasteiger partial charge on any atom is -0.369 e. The number of benzene rings is 2. The smallest absolute Gasteiger partial charge is 0.230 e. The molecule has 1 saturated heterocycles. The fraction of sp³-hybridized carbons (Fsp3) is 0.435. The van der Waals surface area contributed by atoms with E-state index < -0.39 is 0 Å². The van der Waals surface area contributed by atoms with E-state index in [2.05, 4.69) is 23.1 Å². The predicted octanol–water partition coefficient (Wildman–Crippen LogP) is 4.49. The number of halogens is 1. The van der Waals surface area contributed by atoms with Crippen molar-refractivity contribution in [1.29, 1.82) is 0 Å². The zero-order valence-electron chi connectivity index (χ0n) is 16.2. The second-order valence-corrected chi connectivity index (χ2v) is 7.10. The summed E-state index contributed by atoms with van der Waals surface area (Å²) in [6.07, 6.45) is 1.76. The van der Waals surface area contributed by atoms with Gasteiger partial charge in [-0.25, -0.2) is 4.39 Å². The van der Waals surface area contributed by atoms with E-state index in [9.17, 15) is 9.18 Å². The third-order valence-corrected chi connectivity index (χ3v) is 5.64. The van der Waals surface area contributed by atoms with Crippen LogP contribution in [0.25, 0.3) is 0 Å². The highest BCUT2D eigenvalue weighted by Gasteiger charge is 2.34. The summed E-state index contributed by atoms with van der Waals surface area (Å²) in [6, 6.07) is 17.8. The summed E-state index contributed by atoms with van der Waals surface area (Å²) in [4.78, 5) is 17.3. The van der Waals surface area contributed by atoms with Crippen molar-refractivity contribution in [2.24, 2.45) is 5.92 Å². The second kappa shape index (κ2) is 9.03. The molecule has 4 heteroatoms. The second-order valence-electron chi connectivity index (χ2n) is 7.10. The molecule has 1 fully saturated rings. The van der Waals surface area contributed by atoms with Gasteiger partial charge in [-0.15, -0.1) is 0 Å². The maximum Gasteiger partial charge on any atom is 0.230 e. The number of anilines is 1. The number of hydrogen-bond donors (Lipinski definition) is 0. The molecular formula is C23H28FN2O. The van der Waals surface area contributed by atoms with Crippen molar-refractivity contribution in [1.82, 2.24) is 4.90 Å². The van der Waals surface area contributed by atoms with Gasteiger partial charge in [0.2, 0.25) is 5.91 Å². The average molecular weight is 367 g/mol. The van der Waals surface area contributed by atoms with E-state index in [1.54, 1.807) is 12.1 Å². The first-order valence-electron chi connectivity index (χ1n) is 9.90. The van der Waals surface area contributed by atoms with Gasteiger partial charge in [0.25, 0.3) is 0 Å². The maximum atomic E-state index is 14.1. The lowest BCUT2D eigenvalue weighted by atomic mass is 9.79. The Morgan fingerprint density at radius 2 is 1.85 bits per heavy atom. The summed E-state index contributed by atoms with van der Waals surface area (Å²) in [5, 5.41) is 0. The van der Waals surface area contributed by atoms with Crippen LogP contribution in [0.15, 0.2) is 48.5 Å². The van der Waals surface area contributed by atoms with Crippen LogP contribution in [0.4, 0.5) is 10.1 Å². The third-order valence-electron chi connectivity index (χ3n) is 5.64. The van der Waals surface area contributed by atoms with E-state index >= 15 is 0 Å². The molecular weight excluding hydrogens is 339 g/mol. The van der Waals surface area contributed by atoms with Gasteiger partial charge in [-0.2, -0.15) is 0 Å².